The summed E-state index contributed by atoms with van der Waals surface area (Å²) in [5, 5.41) is 8.26. The highest BCUT2D eigenvalue weighted by Crippen LogP contribution is 2.41. The molecule has 0 aliphatic carbocycles. The van der Waals surface area contributed by atoms with Gasteiger partial charge in [-0.1, -0.05) is 72.8 Å². The van der Waals surface area contributed by atoms with Crippen LogP contribution < -0.4 is 10.1 Å². The van der Waals surface area contributed by atoms with Crippen molar-refractivity contribution in [2.24, 2.45) is 0 Å². The fourth-order valence-corrected chi connectivity index (χ4v) is 5.38. The molecule has 0 radical (unpaired) electrons. The lowest BCUT2D eigenvalue weighted by Crippen LogP contribution is -2.38. The highest BCUT2D eigenvalue weighted by Gasteiger charge is 2.37. The van der Waals surface area contributed by atoms with E-state index in [2.05, 4.69) is 39.7 Å². The van der Waals surface area contributed by atoms with E-state index in [1.54, 1.807) is 18.5 Å². The summed E-state index contributed by atoms with van der Waals surface area (Å²) < 4.78 is 23.9. The monoisotopic (exact) mass is 558 g/mol. The third-order valence-corrected chi connectivity index (χ3v) is 7.28. The molecule has 0 spiro atoms. The summed E-state index contributed by atoms with van der Waals surface area (Å²) in [4.78, 5) is 23.0. The van der Waals surface area contributed by atoms with Gasteiger partial charge in [0, 0.05) is 12.1 Å². The normalized spacial score (nSPS) is 12.8. The van der Waals surface area contributed by atoms with Gasteiger partial charge < -0.3 is 24.6 Å². The molecule has 206 valence electrons. The molecule has 0 saturated carbocycles. The Bertz CT molecular complexity index is 1560. The average Bonchev–Trinajstić information content (AvgIpc) is 3.39. The summed E-state index contributed by atoms with van der Waals surface area (Å²) >= 11 is 0. The number of hydrogen-bond acceptors (Lipinski definition) is 6. The summed E-state index contributed by atoms with van der Waals surface area (Å²) in [6, 6.07) is 32.3. The summed E-state index contributed by atoms with van der Waals surface area (Å²) in [7, 11) is -2.61. The largest absolute Gasteiger partial charge is 0.497 e. The Labute approximate surface area is 232 Å². The van der Waals surface area contributed by atoms with Crippen LogP contribution in [0.25, 0.3) is 5.52 Å². The van der Waals surface area contributed by atoms with Crippen molar-refractivity contribution >= 4 is 18.9 Å². The molecule has 3 aromatic carbocycles. The average molecular weight is 559 g/mol. The molecular weight excluding hydrogens is 527 g/mol. The smallest absolute Gasteiger partial charge is 0.350 e. The van der Waals surface area contributed by atoms with Crippen molar-refractivity contribution in [3.8, 4) is 5.75 Å². The molecular formula is C30H31N4O5P. The van der Waals surface area contributed by atoms with Gasteiger partial charge >= 0.3 is 7.60 Å². The molecule has 0 aliphatic rings. The van der Waals surface area contributed by atoms with E-state index in [4.69, 9.17) is 19.3 Å². The van der Waals surface area contributed by atoms with Crippen molar-refractivity contribution in [2.75, 3.05) is 18.8 Å². The second kappa shape index (κ2) is 11.6. The Hall–Kier alpha value is -4.01. The van der Waals surface area contributed by atoms with Crippen molar-refractivity contribution in [2.45, 2.75) is 25.0 Å². The Morgan fingerprint density at radius 1 is 0.900 bits per heavy atom. The van der Waals surface area contributed by atoms with Crippen LogP contribution in [0.3, 0.4) is 0 Å². The highest BCUT2D eigenvalue weighted by atomic mass is 31.2. The maximum atomic E-state index is 11.2. The maximum absolute atomic E-state index is 11.2. The van der Waals surface area contributed by atoms with Gasteiger partial charge in [0.05, 0.1) is 13.2 Å². The number of ether oxygens (including phenoxy) is 2. The first-order chi connectivity index (χ1) is 19.3. The molecule has 1 atom stereocenters. The van der Waals surface area contributed by atoms with Crippen LogP contribution in [-0.2, 0) is 21.3 Å². The van der Waals surface area contributed by atoms with Gasteiger partial charge in [0.15, 0.2) is 5.82 Å². The molecule has 0 saturated heterocycles. The molecule has 0 aliphatic heterocycles. The molecule has 0 fully saturated rings. The van der Waals surface area contributed by atoms with E-state index in [9.17, 15) is 4.57 Å². The molecule has 9 nitrogen and oxygen atoms in total. The summed E-state index contributed by atoms with van der Waals surface area (Å²) in [5.41, 5.74) is 3.81. The van der Waals surface area contributed by atoms with Crippen molar-refractivity contribution in [3.05, 3.63) is 126 Å². The number of aromatic nitrogens is 3. The molecule has 10 heteroatoms. The summed E-state index contributed by atoms with van der Waals surface area (Å²) in [6.07, 6.45) is 0.849. The number of anilines is 1. The minimum absolute atomic E-state index is 0.408. The van der Waals surface area contributed by atoms with Crippen LogP contribution in [0.2, 0.25) is 0 Å². The molecule has 2 heterocycles. The standard InChI is InChI=1S/C30H31N4O5P/c1-22(39-21-40(35,36)37)19-26-15-18-28-29(31-20-32-34(26)28)33-30(23-9-5-3-6-10-23,24-11-7-4-8-12-24)25-13-16-27(38-2)17-14-25/h3-18,20,22H,19,21H2,1-2H3,(H,31,32,33)(H2,35,36,37)/t22-/m1/s1. The molecule has 40 heavy (non-hydrogen) atoms. The Kier molecular flexibility index (Phi) is 8.00. The number of nitrogens with one attached hydrogen (secondary N) is 1. The number of benzene rings is 3. The van der Waals surface area contributed by atoms with Gasteiger partial charge in [0.25, 0.3) is 0 Å². The lowest BCUT2D eigenvalue weighted by Gasteiger charge is -2.37. The molecule has 0 unspecified atom stereocenters. The minimum atomic E-state index is -4.25. The van der Waals surface area contributed by atoms with Crippen molar-refractivity contribution in [3.63, 3.8) is 0 Å². The van der Waals surface area contributed by atoms with Gasteiger partial charge in [-0.2, -0.15) is 5.10 Å². The van der Waals surface area contributed by atoms with Crippen LogP contribution in [0.5, 0.6) is 5.75 Å². The molecule has 5 rings (SSSR count). The van der Waals surface area contributed by atoms with E-state index in [1.165, 1.54) is 6.33 Å². The maximum Gasteiger partial charge on any atom is 0.350 e. The highest BCUT2D eigenvalue weighted by molar-refractivity contribution is 7.51. The molecule has 0 bridgehead atoms. The van der Waals surface area contributed by atoms with Crippen LogP contribution in [-0.4, -0.2) is 43.9 Å². The number of hydrogen-bond donors (Lipinski definition) is 3. The van der Waals surface area contributed by atoms with E-state index in [-0.39, 0.29) is 0 Å². The lowest BCUT2D eigenvalue weighted by atomic mass is 9.77. The van der Waals surface area contributed by atoms with Crippen LogP contribution in [0.1, 0.15) is 29.3 Å². The van der Waals surface area contributed by atoms with E-state index >= 15 is 0 Å². The van der Waals surface area contributed by atoms with Crippen molar-refractivity contribution in [1.29, 1.82) is 0 Å². The van der Waals surface area contributed by atoms with Gasteiger partial charge in [0.1, 0.15) is 29.5 Å². The predicted molar refractivity (Wildman–Crippen MR) is 154 cm³/mol. The second-order valence-electron chi connectivity index (χ2n) is 9.54. The quantitative estimate of drug-likeness (QED) is 0.149. The molecule has 2 aromatic heterocycles. The van der Waals surface area contributed by atoms with E-state index in [1.807, 2.05) is 72.8 Å². The van der Waals surface area contributed by atoms with Crippen LogP contribution in [0.4, 0.5) is 5.82 Å². The van der Waals surface area contributed by atoms with E-state index in [0.717, 1.165) is 33.7 Å². The molecule has 3 N–H and O–H groups in total. The number of nitrogens with zero attached hydrogens (tertiary/aromatic N) is 3. The minimum Gasteiger partial charge on any atom is -0.497 e. The van der Waals surface area contributed by atoms with E-state index in [0.29, 0.717) is 12.2 Å². The zero-order chi connectivity index (χ0) is 28.2. The zero-order valence-electron chi connectivity index (χ0n) is 22.2. The summed E-state index contributed by atoms with van der Waals surface area (Å²) in [5.74, 6) is 1.38. The van der Waals surface area contributed by atoms with Crippen LogP contribution >= 0.6 is 7.60 Å². The predicted octanol–water partition coefficient (Wildman–Crippen LogP) is 5.22. The Balaban J connectivity index is 1.61. The van der Waals surface area contributed by atoms with Crippen molar-refractivity contribution < 1.29 is 23.8 Å². The zero-order valence-corrected chi connectivity index (χ0v) is 23.1. The first kappa shape index (κ1) is 27.6. The molecule has 5 aromatic rings. The number of fused-ring (bicyclic) bond motifs is 1. The fourth-order valence-electron chi connectivity index (χ4n) is 4.93. The van der Waals surface area contributed by atoms with Gasteiger partial charge in [-0.3, -0.25) is 4.57 Å². The first-order valence-corrected chi connectivity index (χ1v) is 14.6. The van der Waals surface area contributed by atoms with Gasteiger partial charge in [-0.15, -0.1) is 0 Å². The van der Waals surface area contributed by atoms with Crippen LogP contribution in [0.15, 0.2) is 103 Å². The van der Waals surface area contributed by atoms with Gasteiger partial charge in [-0.05, 0) is 47.9 Å². The number of methoxy groups -OCH3 is 1. The van der Waals surface area contributed by atoms with Gasteiger partial charge in [0.2, 0.25) is 0 Å². The second-order valence-corrected chi connectivity index (χ2v) is 11.1. The van der Waals surface area contributed by atoms with E-state index < -0.39 is 25.6 Å². The number of rotatable bonds is 11. The topological polar surface area (TPSA) is 118 Å². The third-order valence-electron chi connectivity index (χ3n) is 6.80. The Morgan fingerprint density at radius 3 is 2.08 bits per heavy atom. The van der Waals surface area contributed by atoms with Crippen LogP contribution in [0, 0.1) is 0 Å². The van der Waals surface area contributed by atoms with Gasteiger partial charge in [-0.25, -0.2) is 9.50 Å². The molecule has 0 amide bonds. The SMILES string of the molecule is COc1ccc(C(Nc2ncnn3c(C[C@@H](C)OCP(=O)(O)O)ccc23)(c2ccccc2)c2ccccc2)cc1. The van der Waals surface area contributed by atoms with Crippen molar-refractivity contribution in [1.82, 2.24) is 14.6 Å². The Morgan fingerprint density at radius 2 is 1.50 bits per heavy atom. The third kappa shape index (κ3) is 5.78. The first-order valence-electron chi connectivity index (χ1n) is 12.8. The lowest BCUT2D eigenvalue weighted by molar-refractivity contribution is 0.0877. The summed E-state index contributed by atoms with van der Waals surface area (Å²) in [6.45, 7) is 1.77. The fraction of sp³-hybridized carbons (Fsp3) is 0.200.